The molecule has 0 unspecified atom stereocenters. The second kappa shape index (κ2) is 10.4. The predicted octanol–water partition coefficient (Wildman–Crippen LogP) is 2.05. The molecule has 10 nitrogen and oxygen atoms in total. The van der Waals surface area contributed by atoms with E-state index in [0.29, 0.717) is 25.1 Å². The second-order valence-corrected chi connectivity index (χ2v) is 8.52. The first-order chi connectivity index (χ1) is 17.7. The molecule has 1 aliphatic rings. The number of carbonyl (C=O) groups is 2. The van der Waals surface area contributed by atoms with Gasteiger partial charge in [-0.15, -0.1) is 0 Å². The summed E-state index contributed by atoms with van der Waals surface area (Å²) in [5.74, 6) is 2.53. The number of aryl methyl sites for hydroxylation is 1. The molecular weight excluding hydrogens is 484 g/mol. The molecule has 1 fully saturated rings. The number of benzene rings is 1. The lowest BCUT2D eigenvalue weighted by Crippen LogP contribution is -2.37. The summed E-state index contributed by atoms with van der Waals surface area (Å²) in [4.78, 5) is 30.4. The first kappa shape index (κ1) is 25.8. The van der Waals surface area contributed by atoms with Crippen LogP contribution in [0.1, 0.15) is 41.0 Å². The fourth-order valence-corrected chi connectivity index (χ4v) is 4.68. The Balaban J connectivity index is 1.78. The van der Waals surface area contributed by atoms with E-state index >= 15 is 4.39 Å². The lowest BCUT2D eigenvalue weighted by molar-refractivity contribution is -0.127. The summed E-state index contributed by atoms with van der Waals surface area (Å²) in [6.45, 7) is 6.46. The molecule has 37 heavy (non-hydrogen) atoms. The summed E-state index contributed by atoms with van der Waals surface area (Å²) in [5.41, 5.74) is 5.38. The molecule has 4 rings (SSSR count). The van der Waals surface area contributed by atoms with E-state index < -0.39 is 23.1 Å². The van der Waals surface area contributed by atoms with Crippen molar-refractivity contribution in [2.24, 2.45) is 5.73 Å². The number of imidazole rings is 1. The number of halogens is 2. The fourth-order valence-electron chi connectivity index (χ4n) is 4.68. The number of ether oxygens (including phenoxy) is 1. The van der Waals surface area contributed by atoms with Gasteiger partial charge in [-0.1, -0.05) is 12.5 Å². The van der Waals surface area contributed by atoms with Crippen LogP contribution in [0.15, 0.2) is 25.0 Å². The first-order valence-corrected chi connectivity index (χ1v) is 11.6. The maximum absolute atomic E-state index is 15.1. The number of aromatic nitrogens is 4. The van der Waals surface area contributed by atoms with Gasteiger partial charge < -0.3 is 25.3 Å². The minimum absolute atomic E-state index is 0.00812. The van der Waals surface area contributed by atoms with Gasteiger partial charge in [0, 0.05) is 33.3 Å². The number of hydrogen-bond donors (Lipinski definition) is 2. The molecule has 0 radical (unpaired) electrons. The van der Waals surface area contributed by atoms with Gasteiger partial charge in [-0.05, 0) is 25.3 Å². The molecule has 3 heterocycles. The SMILES string of the molecule is C=CC(=O)N1C[C@@H](n2nc(C#Cc3c(F)cc4c(ncn4CC)c3F)c(C(N)=O)c2NC)C[C@@H]1COC. The maximum atomic E-state index is 15.1. The molecule has 0 aliphatic carbocycles. The Labute approximate surface area is 212 Å². The zero-order valence-electron chi connectivity index (χ0n) is 20.7. The largest absolute Gasteiger partial charge is 0.383 e. The molecule has 3 N–H and O–H groups in total. The second-order valence-electron chi connectivity index (χ2n) is 8.52. The van der Waals surface area contributed by atoms with Crippen molar-refractivity contribution in [2.75, 3.05) is 32.6 Å². The molecule has 1 saturated heterocycles. The van der Waals surface area contributed by atoms with Gasteiger partial charge in [0.2, 0.25) is 5.91 Å². The number of methoxy groups -OCH3 is 1. The zero-order valence-corrected chi connectivity index (χ0v) is 20.7. The molecule has 194 valence electrons. The molecule has 12 heteroatoms. The van der Waals surface area contributed by atoms with Gasteiger partial charge >= 0.3 is 0 Å². The summed E-state index contributed by atoms with van der Waals surface area (Å²) >= 11 is 0. The van der Waals surface area contributed by atoms with Crippen LogP contribution in [0.5, 0.6) is 0 Å². The van der Waals surface area contributed by atoms with Crippen molar-refractivity contribution in [1.29, 1.82) is 0 Å². The van der Waals surface area contributed by atoms with Crippen LogP contribution in [0.4, 0.5) is 14.6 Å². The third-order valence-corrected chi connectivity index (χ3v) is 6.40. The molecule has 2 atom stereocenters. The number of anilines is 1. The van der Waals surface area contributed by atoms with Gasteiger partial charge in [0.1, 0.15) is 22.7 Å². The van der Waals surface area contributed by atoms with E-state index in [1.54, 1.807) is 16.5 Å². The van der Waals surface area contributed by atoms with Gasteiger partial charge in [-0.2, -0.15) is 5.10 Å². The summed E-state index contributed by atoms with van der Waals surface area (Å²) in [7, 11) is 3.13. The Morgan fingerprint density at radius 2 is 2.14 bits per heavy atom. The number of primary amides is 1. The smallest absolute Gasteiger partial charge is 0.255 e. The number of carbonyl (C=O) groups excluding carboxylic acids is 2. The first-order valence-electron chi connectivity index (χ1n) is 11.6. The molecule has 2 aromatic heterocycles. The molecule has 0 saturated carbocycles. The van der Waals surface area contributed by atoms with Crippen LogP contribution in [0.3, 0.4) is 0 Å². The highest BCUT2D eigenvalue weighted by molar-refractivity contribution is 6.00. The molecule has 1 aliphatic heterocycles. The fraction of sp³-hybridized carbons (Fsp3) is 0.360. The molecule has 1 aromatic carbocycles. The van der Waals surface area contributed by atoms with Crippen LogP contribution in [-0.2, 0) is 16.1 Å². The summed E-state index contributed by atoms with van der Waals surface area (Å²) in [6.07, 6.45) is 3.13. The summed E-state index contributed by atoms with van der Waals surface area (Å²) in [6, 6.07) is 0.590. The number of fused-ring (bicyclic) bond motifs is 1. The monoisotopic (exact) mass is 511 g/mol. The minimum atomic E-state index is -0.902. The third-order valence-electron chi connectivity index (χ3n) is 6.40. The Morgan fingerprint density at radius 1 is 1.38 bits per heavy atom. The van der Waals surface area contributed by atoms with Crippen molar-refractivity contribution < 1.29 is 23.1 Å². The number of likely N-dealkylation sites (tertiary alicyclic amines) is 1. The van der Waals surface area contributed by atoms with E-state index in [1.165, 1.54) is 30.3 Å². The van der Waals surface area contributed by atoms with Crippen molar-refractivity contribution >= 4 is 28.7 Å². The standard InChI is InChI=1S/C25H27F2N7O3/c1-5-20(35)33-11-14(9-15(33)12-37-4)34-25(29-3)21(24(28)36)18(31-34)8-7-16-17(26)10-19-23(22(16)27)30-13-32(19)6-2/h5,10,13-15,29H,1,6,9,11-12H2,2-4H3,(H2,28,36)/t14-,15+/m0/s1. The minimum Gasteiger partial charge on any atom is -0.383 e. The highest BCUT2D eigenvalue weighted by Crippen LogP contribution is 2.32. The lowest BCUT2D eigenvalue weighted by atomic mass is 10.1. The van der Waals surface area contributed by atoms with Crippen LogP contribution in [0, 0.1) is 23.5 Å². The third kappa shape index (κ3) is 4.53. The number of nitrogens with zero attached hydrogens (tertiary/aromatic N) is 5. The highest BCUT2D eigenvalue weighted by atomic mass is 19.1. The molecule has 3 aromatic rings. The molecule has 0 spiro atoms. The number of nitrogens with one attached hydrogen (secondary N) is 1. The maximum Gasteiger partial charge on any atom is 0.255 e. The van der Waals surface area contributed by atoms with Crippen molar-refractivity contribution in [1.82, 2.24) is 24.2 Å². The predicted molar refractivity (Wildman–Crippen MR) is 133 cm³/mol. The van der Waals surface area contributed by atoms with Gasteiger partial charge in [-0.3, -0.25) is 9.59 Å². The zero-order chi connectivity index (χ0) is 26.9. The van der Waals surface area contributed by atoms with E-state index in [4.69, 9.17) is 10.5 Å². The van der Waals surface area contributed by atoms with Gasteiger partial charge in [0.15, 0.2) is 11.5 Å². The van der Waals surface area contributed by atoms with E-state index in [0.717, 1.165) is 0 Å². The van der Waals surface area contributed by atoms with Crippen molar-refractivity contribution in [2.45, 2.75) is 32.0 Å². The van der Waals surface area contributed by atoms with Crippen LogP contribution in [0.25, 0.3) is 11.0 Å². The average Bonchev–Trinajstić information content (AvgIpc) is 3.58. The van der Waals surface area contributed by atoms with Crippen molar-refractivity contribution in [3.63, 3.8) is 0 Å². The van der Waals surface area contributed by atoms with Gasteiger partial charge in [0.25, 0.3) is 5.91 Å². The highest BCUT2D eigenvalue weighted by Gasteiger charge is 2.37. The van der Waals surface area contributed by atoms with E-state index in [1.807, 2.05) is 6.92 Å². The Hall–Kier alpha value is -4.24. The normalized spacial score (nSPS) is 17.1. The summed E-state index contributed by atoms with van der Waals surface area (Å²) in [5, 5.41) is 7.38. The molecule has 0 bridgehead atoms. The topological polar surface area (TPSA) is 120 Å². The number of amides is 2. The van der Waals surface area contributed by atoms with Crippen molar-refractivity contribution in [3.8, 4) is 11.8 Å². The van der Waals surface area contributed by atoms with Crippen LogP contribution in [-0.4, -0.2) is 69.4 Å². The van der Waals surface area contributed by atoms with Crippen molar-refractivity contribution in [3.05, 3.63) is 53.5 Å². The Bertz CT molecular complexity index is 1450. The van der Waals surface area contributed by atoms with Gasteiger partial charge in [-0.25, -0.2) is 18.4 Å². The van der Waals surface area contributed by atoms with E-state index in [-0.39, 0.29) is 47.1 Å². The number of rotatable bonds is 7. The molecule has 2 amide bonds. The molecular formula is C25H27F2N7O3. The average molecular weight is 512 g/mol. The van der Waals surface area contributed by atoms with Crippen LogP contribution >= 0.6 is 0 Å². The number of nitrogens with two attached hydrogens (primary N) is 1. The van der Waals surface area contributed by atoms with Crippen LogP contribution in [0.2, 0.25) is 0 Å². The summed E-state index contributed by atoms with van der Waals surface area (Å²) < 4.78 is 38.3. The quantitative estimate of drug-likeness (QED) is 0.370. The Morgan fingerprint density at radius 3 is 2.76 bits per heavy atom. The Kier molecular flexibility index (Phi) is 7.26. The number of hydrogen-bond acceptors (Lipinski definition) is 6. The van der Waals surface area contributed by atoms with E-state index in [9.17, 15) is 14.0 Å². The van der Waals surface area contributed by atoms with E-state index in [2.05, 4.69) is 33.8 Å². The van der Waals surface area contributed by atoms with Crippen LogP contribution < -0.4 is 11.1 Å². The lowest BCUT2D eigenvalue weighted by Gasteiger charge is -2.22. The van der Waals surface area contributed by atoms with Gasteiger partial charge in [0.05, 0.1) is 36.1 Å².